The number of nitrogens with zero attached hydrogens (tertiary/aromatic N) is 4. The molecule has 4 atom stereocenters. The van der Waals surface area contributed by atoms with Gasteiger partial charge in [-0.3, -0.25) is 14.7 Å². The molecule has 4 N–H and O–H groups in total. The summed E-state index contributed by atoms with van der Waals surface area (Å²) in [6, 6.07) is 0. The summed E-state index contributed by atoms with van der Waals surface area (Å²) in [5.41, 5.74) is -1.26. The summed E-state index contributed by atoms with van der Waals surface area (Å²) in [5, 5.41) is 32.4. The van der Waals surface area contributed by atoms with Crippen molar-refractivity contribution in [2.75, 3.05) is 11.9 Å². The van der Waals surface area contributed by atoms with Crippen LogP contribution in [0.4, 0.5) is 5.95 Å². The number of amides is 1. The number of hydrogen-bond acceptors (Lipinski definition) is 8. The molecule has 3 rings (SSSR count). The average molecular weight is 358 g/mol. The minimum atomic E-state index is -1.70. The molecule has 11 heteroatoms. The molecule has 10 nitrogen and oxygen atoms in total. The van der Waals surface area contributed by atoms with E-state index in [1.165, 1.54) is 24.7 Å². The Kier molecular flexibility index (Phi) is 4.18. The van der Waals surface area contributed by atoms with E-state index in [9.17, 15) is 20.1 Å². The van der Waals surface area contributed by atoms with Crippen molar-refractivity contribution in [1.29, 1.82) is 0 Å². The molecule has 2 aromatic heterocycles. The van der Waals surface area contributed by atoms with Crippen molar-refractivity contribution in [1.82, 2.24) is 19.5 Å². The van der Waals surface area contributed by atoms with Gasteiger partial charge in [0.05, 0.1) is 12.9 Å². The predicted molar refractivity (Wildman–Crippen MR) is 82.3 cm³/mol. The van der Waals surface area contributed by atoms with Gasteiger partial charge in [-0.2, -0.15) is 9.97 Å². The summed E-state index contributed by atoms with van der Waals surface area (Å²) in [5.74, 6) is -0.407. The highest BCUT2D eigenvalue weighted by atomic mass is 35.5. The van der Waals surface area contributed by atoms with E-state index in [1.54, 1.807) is 0 Å². The zero-order valence-electron chi connectivity index (χ0n) is 12.8. The molecule has 0 spiro atoms. The van der Waals surface area contributed by atoms with Crippen molar-refractivity contribution in [3.05, 3.63) is 11.5 Å². The van der Waals surface area contributed by atoms with Crippen LogP contribution in [0.3, 0.4) is 0 Å². The summed E-state index contributed by atoms with van der Waals surface area (Å²) in [7, 11) is 0. The Labute approximate surface area is 141 Å². The fraction of sp³-hybridized carbons (Fsp3) is 0.538. The topological polar surface area (TPSA) is 143 Å². The van der Waals surface area contributed by atoms with Gasteiger partial charge in [0.2, 0.25) is 11.9 Å². The number of nitrogens with one attached hydrogen (secondary N) is 1. The first-order valence-corrected chi connectivity index (χ1v) is 7.48. The number of halogens is 1. The van der Waals surface area contributed by atoms with E-state index < -0.39 is 30.6 Å². The fourth-order valence-electron chi connectivity index (χ4n) is 2.66. The molecule has 0 aromatic carbocycles. The molecule has 24 heavy (non-hydrogen) atoms. The molecule has 1 aliphatic rings. The second-order valence-corrected chi connectivity index (χ2v) is 6.08. The normalized spacial score (nSPS) is 30.0. The third kappa shape index (κ3) is 2.62. The molecular weight excluding hydrogens is 342 g/mol. The van der Waals surface area contributed by atoms with Crippen LogP contribution in [0.2, 0.25) is 5.15 Å². The van der Waals surface area contributed by atoms with E-state index in [-0.39, 0.29) is 28.2 Å². The minimum Gasteiger partial charge on any atom is -0.394 e. The number of aliphatic hydroxyl groups excluding tert-OH is 2. The molecule has 3 heterocycles. The van der Waals surface area contributed by atoms with Gasteiger partial charge in [-0.25, -0.2) is 4.98 Å². The van der Waals surface area contributed by atoms with E-state index in [4.69, 9.17) is 16.3 Å². The molecule has 1 fully saturated rings. The number of hydrogen-bond donors (Lipinski definition) is 4. The lowest BCUT2D eigenvalue weighted by Crippen LogP contribution is -2.44. The maximum Gasteiger partial charge on any atom is 0.232 e. The third-order valence-corrected chi connectivity index (χ3v) is 4.12. The number of imidazole rings is 1. The Hall–Kier alpha value is -1.85. The number of aliphatic hydroxyl groups is 3. The van der Waals surface area contributed by atoms with Gasteiger partial charge in [0.25, 0.3) is 0 Å². The second-order valence-electron chi connectivity index (χ2n) is 5.72. The van der Waals surface area contributed by atoms with E-state index in [0.717, 1.165) is 0 Å². The van der Waals surface area contributed by atoms with E-state index in [1.807, 2.05) is 0 Å². The van der Waals surface area contributed by atoms with E-state index in [2.05, 4.69) is 20.3 Å². The van der Waals surface area contributed by atoms with E-state index >= 15 is 0 Å². The van der Waals surface area contributed by atoms with Crippen molar-refractivity contribution in [2.24, 2.45) is 0 Å². The number of aromatic nitrogens is 4. The Morgan fingerprint density at radius 1 is 1.54 bits per heavy atom. The summed E-state index contributed by atoms with van der Waals surface area (Å²) in [6.45, 7) is 2.21. The molecule has 1 unspecified atom stereocenters. The number of ether oxygens (including phenoxy) is 1. The molecule has 1 saturated heterocycles. The Morgan fingerprint density at radius 2 is 2.25 bits per heavy atom. The average Bonchev–Trinajstić information content (AvgIpc) is 2.99. The van der Waals surface area contributed by atoms with Crippen LogP contribution in [0.25, 0.3) is 11.2 Å². The molecule has 0 radical (unpaired) electrons. The van der Waals surface area contributed by atoms with Crippen molar-refractivity contribution >= 4 is 34.6 Å². The smallest absolute Gasteiger partial charge is 0.232 e. The monoisotopic (exact) mass is 357 g/mol. The second kappa shape index (κ2) is 5.90. The summed E-state index contributed by atoms with van der Waals surface area (Å²) >= 11 is 6.05. The summed E-state index contributed by atoms with van der Waals surface area (Å²) in [6.07, 6.45) is -2.01. The lowest BCUT2D eigenvalue weighted by atomic mass is 9.96. The van der Waals surface area contributed by atoms with Gasteiger partial charge >= 0.3 is 0 Å². The number of anilines is 1. The maximum absolute atomic E-state index is 11.2. The quantitative estimate of drug-likeness (QED) is 0.535. The fourth-order valence-corrected chi connectivity index (χ4v) is 2.87. The van der Waals surface area contributed by atoms with Crippen molar-refractivity contribution in [3.8, 4) is 0 Å². The number of carbonyl (C=O) groups is 1. The summed E-state index contributed by atoms with van der Waals surface area (Å²) < 4.78 is 6.90. The van der Waals surface area contributed by atoms with Crippen LogP contribution < -0.4 is 5.32 Å². The Bertz CT molecular complexity index is 794. The molecule has 2 aromatic rings. The highest BCUT2D eigenvalue weighted by Crippen LogP contribution is 2.39. The molecule has 1 amide bonds. The maximum atomic E-state index is 11.2. The van der Waals surface area contributed by atoms with Crippen LogP contribution in [-0.2, 0) is 9.53 Å². The molecular formula is C13H16ClN5O5. The number of fused-ring (bicyclic) bond motifs is 1. The lowest BCUT2D eigenvalue weighted by Gasteiger charge is -2.27. The van der Waals surface area contributed by atoms with Gasteiger partial charge in [0.1, 0.15) is 23.3 Å². The minimum absolute atomic E-state index is 0.0133. The predicted octanol–water partition coefficient (Wildman–Crippen LogP) is -0.560. The van der Waals surface area contributed by atoms with Crippen LogP contribution in [0, 0.1) is 0 Å². The zero-order chi connectivity index (χ0) is 17.6. The van der Waals surface area contributed by atoms with Crippen molar-refractivity contribution in [3.63, 3.8) is 0 Å². The first-order chi connectivity index (χ1) is 11.3. The van der Waals surface area contributed by atoms with Gasteiger partial charge in [0, 0.05) is 6.92 Å². The largest absolute Gasteiger partial charge is 0.394 e. The number of carbonyl (C=O) groups excluding carboxylic acids is 1. The van der Waals surface area contributed by atoms with Gasteiger partial charge in [-0.05, 0) is 6.92 Å². The van der Waals surface area contributed by atoms with Gasteiger partial charge in [-0.15, -0.1) is 0 Å². The highest BCUT2D eigenvalue weighted by molar-refractivity contribution is 6.33. The van der Waals surface area contributed by atoms with Crippen LogP contribution in [0.1, 0.15) is 20.1 Å². The van der Waals surface area contributed by atoms with Crippen LogP contribution in [-0.4, -0.2) is 65.2 Å². The highest BCUT2D eigenvalue weighted by Gasteiger charge is 2.53. The summed E-state index contributed by atoms with van der Waals surface area (Å²) in [4.78, 5) is 23.3. The first kappa shape index (κ1) is 17.0. The lowest BCUT2D eigenvalue weighted by molar-refractivity contribution is -0.114. The molecule has 130 valence electrons. The standard InChI is InChI=1S/C13H16ClN5O5/c1-5(21)16-12-17-9(14)7-10(18-12)19(4-15-7)11-13(2,23)8(22)6(3-20)24-11/h4,6,8,11,20,22-23H,3H2,1-2H3,(H,16,17,18,21)/t6?,8-,11-,13+/m1/s1. The Balaban J connectivity index is 2.10. The molecule has 0 saturated carbocycles. The van der Waals surface area contributed by atoms with Gasteiger partial charge in [0.15, 0.2) is 17.0 Å². The van der Waals surface area contributed by atoms with Gasteiger partial charge < -0.3 is 20.1 Å². The third-order valence-electron chi connectivity index (χ3n) is 3.85. The molecule has 0 aliphatic carbocycles. The first-order valence-electron chi connectivity index (χ1n) is 7.10. The Morgan fingerprint density at radius 3 is 2.83 bits per heavy atom. The SMILES string of the molecule is CC(=O)Nc1nc(Cl)c2ncn([C@@H]3OC(CO)[C@@H](O)[C@]3(C)O)c2n1. The number of rotatable bonds is 3. The van der Waals surface area contributed by atoms with E-state index in [0.29, 0.717) is 0 Å². The van der Waals surface area contributed by atoms with Crippen molar-refractivity contribution in [2.45, 2.75) is 37.9 Å². The zero-order valence-corrected chi connectivity index (χ0v) is 13.6. The molecule has 0 bridgehead atoms. The molecule has 1 aliphatic heterocycles. The van der Waals surface area contributed by atoms with Gasteiger partial charge in [-0.1, -0.05) is 11.6 Å². The van der Waals surface area contributed by atoms with Crippen LogP contribution in [0.15, 0.2) is 6.33 Å². The van der Waals surface area contributed by atoms with Crippen molar-refractivity contribution < 1.29 is 24.9 Å². The van der Waals surface area contributed by atoms with Crippen LogP contribution in [0.5, 0.6) is 0 Å². The van der Waals surface area contributed by atoms with Crippen LogP contribution >= 0.6 is 11.6 Å².